The molecule has 0 heterocycles. The van der Waals surface area contributed by atoms with Crippen molar-refractivity contribution in [1.29, 1.82) is 0 Å². The molecule has 1 aliphatic carbocycles. The molecule has 2 atom stereocenters. The average molecular weight is 344 g/mol. The lowest BCUT2D eigenvalue weighted by Gasteiger charge is -2.12. The quantitative estimate of drug-likeness (QED) is 0.893. The summed E-state index contributed by atoms with van der Waals surface area (Å²) in [5, 5.41) is 5.35. The van der Waals surface area contributed by atoms with Crippen LogP contribution in [-0.4, -0.2) is 18.9 Å². The lowest BCUT2D eigenvalue weighted by molar-refractivity contribution is -0.117. The minimum atomic E-state index is -0.913. The zero-order valence-electron chi connectivity index (χ0n) is 13.9. The number of anilines is 1. The summed E-state index contributed by atoms with van der Waals surface area (Å²) >= 11 is 0. The van der Waals surface area contributed by atoms with E-state index in [4.69, 9.17) is 0 Å². The summed E-state index contributed by atoms with van der Waals surface area (Å²) in [5.74, 6) is -2.78. The SMILES string of the molecule is CNC(=O)c1c(C)cccc1NC(=O)C1CC1c1ccc(F)c(F)c1. The van der Waals surface area contributed by atoms with E-state index in [0.29, 0.717) is 23.2 Å². The monoisotopic (exact) mass is 344 g/mol. The lowest BCUT2D eigenvalue weighted by atomic mass is 10.0. The first kappa shape index (κ1) is 17.1. The number of halogens is 2. The van der Waals surface area contributed by atoms with Crippen LogP contribution in [0.2, 0.25) is 0 Å². The molecule has 0 spiro atoms. The van der Waals surface area contributed by atoms with Crippen LogP contribution in [0, 0.1) is 24.5 Å². The Morgan fingerprint density at radius 2 is 1.88 bits per heavy atom. The summed E-state index contributed by atoms with van der Waals surface area (Å²) in [7, 11) is 1.53. The molecule has 1 saturated carbocycles. The predicted octanol–water partition coefficient (Wildman–Crippen LogP) is 3.38. The van der Waals surface area contributed by atoms with Gasteiger partial charge in [-0.2, -0.15) is 0 Å². The lowest BCUT2D eigenvalue weighted by Crippen LogP contribution is -2.23. The predicted molar refractivity (Wildman–Crippen MR) is 90.4 cm³/mol. The number of amides is 2. The van der Waals surface area contributed by atoms with Gasteiger partial charge in [0.2, 0.25) is 5.91 Å². The Morgan fingerprint density at radius 1 is 1.12 bits per heavy atom. The molecule has 6 heteroatoms. The van der Waals surface area contributed by atoms with Crippen LogP contribution in [0.3, 0.4) is 0 Å². The Hall–Kier alpha value is -2.76. The number of carbonyl (C=O) groups excluding carboxylic acids is 2. The maximum Gasteiger partial charge on any atom is 0.253 e. The minimum Gasteiger partial charge on any atom is -0.355 e. The number of hydrogen-bond donors (Lipinski definition) is 2. The van der Waals surface area contributed by atoms with Crippen LogP contribution in [0.1, 0.15) is 33.8 Å². The molecule has 3 rings (SSSR count). The van der Waals surface area contributed by atoms with Crippen LogP contribution in [0.5, 0.6) is 0 Å². The van der Waals surface area contributed by atoms with E-state index in [1.54, 1.807) is 25.1 Å². The summed E-state index contributed by atoms with van der Waals surface area (Å²) in [4.78, 5) is 24.5. The summed E-state index contributed by atoms with van der Waals surface area (Å²) in [6, 6.07) is 8.93. The van der Waals surface area contributed by atoms with Crippen LogP contribution in [0.15, 0.2) is 36.4 Å². The van der Waals surface area contributed by atoms with E-state index in [1.165, 1.54) is 13.1 Å². The fourth-order valence-electron chi connectivity index (χ4n) is 3.02. The maximum absolute atomic E-state index is 13.3. The number of aryl methyl sites for hydroxylation is 1. The first-order chi connectivity index (χ1) is 11.9. The van der Waals surface area contributed by atoms with Crippen molar-refractivity contribution >= 4 is 17.5 Å². The number of hydrogen-bond acceptors (Lipinski definition) is 2. The molecule has 1 aliphatic rings. The van der Waals surface area contributed by atoms with Gasteiger partial charge in [0.05, 0.1) is 11.3 Å². The molecule has 0 radical (unpaired) electrons. The Morgan fingerprint density at radius 3 is 2.56 bits per heavy atom. The normalized spacial score (nSPS) is 18.6. The highest BCUT2D eigenvalue weighted by Gasteiger charge is 2.44. The van der Waals surface area contributed by atoms with Crippen LogP contribution >= 0.6 is 0 Å². The van der Waals surface area contributed by atoms with E-state index in [1.807, 2.05) is 0 Å². The Bertz CT molecular complexity index is 851. The second-order valence-electron chi connectivity index (χ2n) is 6.19. The van der Waals surface area contributed by atoms with Crippen molar-refractivity contribution in [3.8, 4) is 0 Å². The van der Waals surface area contributed by atoms with Gasteiger partial charge in [-0.15, -0.1) is 0 Å². The van der Waals surface area contributed by atoms with Gasteiger partial charge in [0.1, 0.15) is 0 Å². The summed E-state index contributed by atoms with van der Waals surface area (Å²) in [6.07, 6.45) is 0.567. The molecule has 0 saturated heterocycles. The van der Waals surface area contributed by atoms with Crippen molar-refractivity contribution in [2.75, 3.05) is 12.4 Å². The zero-order chi connectivity index (χ0) is 18.1. The second kappa shape index (κ2) is 6.63. The molecule has 130 valence electrons. The van der Waals surface area contributed by atoms with Crippen molar-refractivity contribution in [3.63, 3.8) is 0 Å². The van der Waals surface area contributed by atoms with Gasteiger partial charge < -0.3 is 10.6 Å². The summed E-state index contributed by atoms with van der Waals surface area (Å²) in [6.45, 7) is 1.79. The molecular formula is C19H18F2N2O2. The molecule has 0 bridgehead atoms. The largest absolute Gasteiger partial charge is 0.355 e. The molecular weight excluding hydrogens is 326 g/mol. The highest BCUT2D eigenvalue weighted by molar-refractivity contribution is 6.05. The number of carbonyl (C=O) groups is 2. The van der Waals surface area contributed by atoms with Crippen LogP contribution < -0.4 is 10.6 Å². The molecule has 2 unspecified atom stereocenters. The van der Waals surface area contributed by atoms with Crippen molar-refractivity contribution in [1.82, 2.24) is 5.32 Å². The van der Waals surface area contributed by atoms with E-state index >= 15 is 0 Å². The highest BCUT2D eigenvalue weighted by Crippen LogP contribution is 2.48. The fraction of sp³-hybridized carbons (Fsp3) is 0.263. The average Bonchev–Trinajstić information content (AvgIpc) is 3.38. The van der Waals surface area contributed by atoms with Crippen molar-refractivity contribution in [2.24, 2.45) is 5.92 Å². The third-order valence-electron chi connectivity index (χ3n) is 4.48. The third kappa shape index (κ3) is 3.38. The molecule has 2 aromatic rings. The molecule has 0 aliphatic heterocycles. The van der Waals surface area contributed by atoms with Crippen molar-refractivity contribution in [2.45, 2.75) is 19.3 Å². The summed E-state index contributed by atoms with van der Waals surface area (Å²) in [5.41, 5.74) is 2.23. The van der Waals surface area contributed by atoms with E-state index in [9.17, 15) is 18.4 Å². The van der Waals surface area contributed by atoms with E-state index in [-0.39, 0.29) is 23.7 Å². The van der Waals surface area contributed by atoms with Gasteiger partial charge in [0.15, 0.2) is 11.6 Å². The highest BCUT2D eigenvalue weighted by atomic mass is 19.2. The number of benzene rings is 2. The van der Waals surface area contributed by atoms with Crippen LogP contribution in [0.4, 0.5) is 14.5 Å². The Labute approximate surface area is 144 Å². The Kier molecular flexibility index (Phi) is 4.53. The molecule has 4 nitrogen and oxygen atoms in total. The summed E-state index contributed by atoms with van der Waals surface area (Å²) < 4.78 is 26.4. The standard InChI is InChI=1S/C19H18F2N2O2/c1-10-4-3-5-16(17(10)19(25)22-2)23-18(24)13-9-12(13)11-6-7-14(20)15(21)8-11/h3-8,12-13H,9H2,1-2H3,(H,22,25)(H,23,24). The first-order valence-corrected chi connectivity index (χ1v) is 8.00. The van der Waals surface area contributed by atoms with Crippen molar-refractivity contribution in [3.05, 3.63) is 64.7 Å². The van der Waals surface area contributed by atoms with Gasteiger partial charge in [0.25, 0.3) is 5.91 Å². The van der Waals surface area contributed by atoms with E-state index < -0.39 is 11.6 Å². The topological polar surface area (TPSA) is 58.2 Å². The molecule has 2 N–H and O–H groups in total. The fourth-order valence-corrected chi connectivity index (χ4v) is 3.02. The molecule has 2 amide bonds. The van der Waals surface area contributed by atoms with Gasteiger partial charge in [0, 0.05) is 13.0 Å². The Balaban J connectivity index is 1.75. The number of nitrogens with one attached hydrogen (secondary N) is 2. The van der Waals surface area contributed by atoms with Crippen LogP contribution in [0.25, 0.3) is 0 Å². The molecule has 0 aromatic heterocycles. The van der Waals surface area contributed by atoms with E-state index in [2.05, 4.69) is 10.6 Å². The maximum atomic E-state index is 13.3. The van der Waals surface area contributed by atoms with Crippen LogP contribution in [-0.2, 0) is 4.79 Å². The zero-order valence-corrected chi connectivity index (χ0v) is 13.9. The van der Waals surface area contributed by atoms with Crippen molar-refractivity contribution < 1.29 is 18.4 Å². The van der Waals surface area contributed by atoms with Gasteiger partial charge in [-0.1, -0.05) is 18.2 Å². The van der Waals surface area contributed by atoms with Gasteiger partial charge in [-0.3, -0.25) is 9.59 Å². The first-order valence-electron chi connectivity index (χ1n) is 8.00. The third-order valence-corrected chi connectivity index (χ3v) is 4.48. The van der Waals surface area contributed by atoms with E-state index in [0.717, 1.165) is 17.7 Å². The smallest absolute Gasteiger partial charge is 0.253 e. The number of rotatable bonds is 4. The second-order valence-corrected chi connectivity index (χ2v) is 6.19. The van der Waals surface area contributed by atoms with Gasteiger partial charge in [-0.25, -0.2) is 8.78 Å². The molecule has 2 aromatic carbocycles. The van der Waals surface area contributed by atoms with Gasteiger partial charge in [-0.05, 0) is 48.6 Å². The molecule has 1 fully saturated rings. The van der Waals surface area contributed by atoms with Gasteiger partial charge >= 0.3 is 0 Å². The molecule has 25 heavy (non-hydrogen) atoms. The minimum absolute atomic E-state index is 0.136.